The Morgan fingerprint density at radius 2 is 2.33 bits per heavy atom. The molecule has 2 rings (SSSR count). The molecule has 0 spiro atoms. The fourth-order valence-corrected chi connectivity index (χ4v) is 3.96. The van der Waals surface area contributed by atoms with Crippen molar-refractivity contribution >= 4 is 17.2 Å². The molecule has 2 heterocycles. The predicted octanol–water partition coefficient (Wildman–Crippen LogP) is 2.92. The summed E-state index contributed by atoms with van der Waals surface area (Å²) in [6, 6.07) is 0.122. The number of hydrogen-bond donors (Lipinski definition) is 1. The van der Waals surface area contributed by atoms with Crippen LogP contribution in [0.1, 0.15) is 54.7 Å². The number of aryl methyl sites for hydroxylation is 2. The number of nitrogens with one attached hydrogen (secondary N) is 1. The molecule has 21 heavy (non-hydrogen) atoms. The summed E-state index contributed by atoms with van der Waals surface area (Å²) in [5, 5.41) is 4.52. The van der Waals surface area contributed by atoms with Crippen LogP contribution in [-0.2, 0) is 11.2 Å². The van der Waals surface area contributed by atoms with E-state index in [1.54, 1.807) is 11.3 Å². The minimum Gasteiger partial charge on any atom is -0.338 e. The summed E-state index contributed by atoms with van der Waals surface area (Å²) < 4.78 is 0. The molecule has 2 unspecified atom stereocenters. The Morgan fingerprint density at radius 3 is 2.90 bits per heavy atom. The van der Waals surface area contributed by atoms with Gasteiger partial charge in [0.2, 0.25) is 5.91 Å². The zero-order valence-electron chi connectivity index (χ0n) is 13.6. The topological polar surface area (TPSA) is 45.2 Å². The van der Waals surface area contributed by atoms with E-state index in [0.29, 0.717) is 12.3 Å². The quantitative estimate of drug-likeness (QED) is 0.879. The van der Waals surface area contributed by atoms with Crippen molar-refractivity contribution in [2.24, 2.45) is 5.92 Å². The summed E-state index contributed by atoms with van der Waals surface area (Å²) in [6.45, 7) is 8.45. The Labute approximate surface area is 132 Å². The smallest absolute Gasteiger partial charge is 0.222 e. The van der Waals surface area contributed by atoms with Crippen LogP contribution in [0, 0.1) is 12.8 Å². The Hall–Kier alpha value is -0.940. The number of rotatable bonds is 6. The second-order valence-electron chi connectivity index (χ2n) is 5.99. The van der Waals surface area contributed by atoms with E-state index in [1.807, 2.05) is 18.9 Å². The highest BCUT2D eigenvalue weighted by Gasteiger charge is 2.23. The summed E-state index contributed by atoms with van der Waals surface area (Å²) in [6.07, 6.45) is 3.83. The maximum atomic E-state index is 12.4. The molecule has 1 N–H and O–H groups in total. The third-order valence-corrected chi connectivity index (χ3v) is 5.93. The molecule has 1 saturated heterocycles. The zero-order chi connectivity index (χ0) is 15.4. The van der Waals surface area contributed by atoms with Gasteiger partial charge in [0.25, 0.3) is 0 Å². The van der Waals surface area contributed by atoms with Gasteiger partial charge >= 0.3 is 0 Å². The third kappa shape index (κ3) is 4.04. The molecule has 118 valence electrons. The van der Waals surface area contributed by atoms with E-state index in [4.69, 9.17) is 0 Å². The molecular weight excluding hydrogens is 282 g/mol. The highest BCUT2D eigenvalue weighted by Crippen LogP contribution is 2.29. The molecule has 1 amide bonds. The summed E-state index contributed by atoms with van der Waals surface area (Å²) in [5.74, 6) is 0.926. The molecule has 1 aromatic rings. The largest absolute Gasteiger partial charge is 0.338 e. The molecule has 2 atom stereocenters. The average Bonchev–Trinajstić information content (AvgIpc) is 3.12. The minimum absolute atomic E-state index is 0.122. The van der Waals surface area contributed by atoms with Crippen LogP contribution in [0.25, 0.3) is 0 Å². The molecule has 1 aliphatic rings. The van der Waals surface area contributed by atoms with Crippen LogP contribution in [0.4, 0.5) is 0 Å². The lowest BCUT2D eigenvalue weighted by molar-refractivity contribution is -0.132. The van der Waals surface area contributed by atoms with Gasteiger partial charge in [-0.2, -0.15) is 0 Å². The van der Waals surface area contributed by atoms with E-state index in [0.717, 1.165) is 36.6 Å². The van der Waals surface area contributed by atoms with Crippen molar-refractivity contribution in [2.75, 3.05) is 20.1 Å². The first-order valence-corrected chi connectivity index (χ1v) is 8.77. The zero-order valence-corrected chi connectivity index (χ0v) is 14.4. The Bertz CT molecular complexity index is 480. The molecule has 0 radical (unpaired) electrons. The Morgan fingerprint density at radius 1 is 1.57 bits per heavy atom. The van der Waals surface area contributed by atoms with Gasteiger partial charge in [0.1, 0.15) is 0 Å². The van der Waals surface area contributed by atoms with Gasteiger partial charge in [0, 0.05) is 18.3 Å². The van der Waals surface area contributed by atoms with Crippen LogP contribution < -0.4 is 5.32 Å². The molecule has 1 aromatic heterocycles. The highest BCUT2D eigenvalue weighted by atomic mass is 32.1. The normalized spacial score (nSPS) is 19.7. The first kappa shape index (κ1) is 16.4. The lowest BCUT2D eigenvalue weighted by Gasteiger charge is -2.25. The molecule has 0 aliphatic carbocycles. The van der Waals surface area contributed by atoms with E-state index in [2.05, 4.69) is 24.1 Å². The monoisotopic (exact) mass is 309 g/mol. The number of carbonyl (C=O) groups excluding carboxylic acids is 1. The fourth-order valence-electron chi connectivity index (χ4n) is 2.86. The Balaban J connectivity index is 1.92. The van der Waals surface area contributed by atoms with Gasteiger partial charge < -0.3 is 10.2 Å². The van der Waals surface area contributed by atoms with Crippen LogP contribution in [0.15, 0.2) is 0 Å². The van der Waals surface area contributed by atoms with Gasteiger partial charge in [0.05, 0.1) is 16.7 Å². The molecule has 0 aromatic carbocycles. The van der Waals surface area contributed by atoms with Crippen molar-refractivity contribution in [1.82, 2.24) is 15.2 Å². The molecule has 1 aliphatic heterocycles. The minimum atomic E-state index is 0.122. The Kier molecular flexibility index (Phi) is 5.76. The lowest BCUT2D eigenvalue weighted by Crippen LogP contribution is -2.29. The first-order valence-electron chi connectivity index (χ1n) is 7.95. The second-order valence-corrected chi connectivity index (χ2v) is 7.10. The third-order valence-electron chi connectivity index (χ3n) is 4.46. The predicted molar refractivity (Wildman–Crippen MR) is 87.6 cm³/mol. The average molecular weight is 309 g/mol. The van der Waals surface area contributed by atoms with Crippen molar-refractivity contribution in [2.45, 2.75) is 52.5 Å². The van der Waals surface area contributed by atoms with Crippen LogP contribution in [-0.4, -0.2) is 35.9 Å². The van der Waals surface area contributed by atoms with Crippen LogP contribution in [0.3, 0.4) is 0 Å². The van der Waals surface area contributed by atoms with Crippen molar-refractivity contribution in [3.63, 3.8) is 0 Å². The van der Waals surface area contributed by atoms with Gasteiger partial charge in [-0.05, 0) is 52.1 Å². The molecular formula is C16H27N3OS. The van der Waals surface area contributed by atoms with Gasteiger partial charge in [-0.3, -0.25) is 4.79 Å². The SMILES string of the molecule is CCc1nc(C)c(C(C)N(C)C(=O)CCC2CCNC2)s1. The maximum absolute atomic E-state index is 12.4. The molecule has 0 bridgehead atoms. The standard InChI is InChI=1S/C16H27N3OS/c1-5-14-18-11(2)16(21-14)12(3)19(4)15(20)7-6-13-8-9-17-10-13/h12-13,17H,5-10H2,1-4H3. The number of aromatic nitrogens is 1. The molecule has 4 nitrogen and oxygen atoms in total. The van der Waals surface area contributed by atoms with E-state index in [1.165, 1.54) is 11.3 Å². The first-order chi connectivity index (χ1) is 10.0. The van der Waals surface area contributed by atoms with E-state index < -0.39 is 0 Å². The molecule has 1 fully saturated rings. The van der Waals surface area contributed by atoms with Crippen LogP contribution in [0.5, 0.6) is 0 Å². The summed E-state index contributed by atoms with van der Waals surface area (Å²) in [7, 11) is 1.92. The maximum Gasteiger partial charge on any atom is 0.222 e. The van der Waals surface area contributed by atoms with Crippen molar-refractivity contribution in [3.05, 3.63) is 15.6 Å². The van der Waals surface area contributed by atoms with Gasteiger partial charge in [0.15, 0.2) is 0 Å². The number of thiazole rings is 1. The molecule has 0 saturated carbocycles. The van der Waals surface area contributed by atoms with Crippen LogP contribution >= 0.6 is 11.3 Å². The fraction of sp³-hybridized carbons (Fsp3) is 0.750. The lowest BCUT2D eigenvalue weighted by atomic mass is 10.0. The van der Waals surface area contributed by atoms with E-state index in [-0.39, 0.29) is 11.9 Å². The number of carbonyl (C=O) groups is 1. The van der Waals surface area contributed by atoms with Gasteiger partial charge in [-0.15, -0.1) is 11.3 Å². The summed E-state index contributed by atoms with van der Waals surface area (Å²) in [4.78, 5) is 20.1. The second kappa shape index (κ2) is 7.36. The number of hydrogen-bond acceptors (Lipinski definition) is 4. The summed E-state index contributed by atoms with van der Waals surface area (Å²) in [5.41, 5.74) is 1.07. The van der Waals surface area contributed by atoms with Crippen LogP contribution in [0.2, 0.25) is 0 Å². The van der Waals surface area contributed by atoms with Gasteiger partial charge in [-0.1, -0.05) is 6.92 Å². The number of amides is 1. The van der Waals surface area contributed by atoms with E-state index >= 15 is 0 Å². The number of nitrogens with zero attached hydrogens (tertiary/aromatic N) is 2. The van der Waals surface area contributed by atoms with Crippen molar-refractivity contribution in [1.29, 1.82) is 0 Å². The van der Waals surface area contributed by atoms with Crippen molar-refractivity contribution in [3.8, 4) is 0 Å². The van der Waals surface area contributed by atoms with E-state index in [9.17, 15) is 4.79 Å². The highest BCUT2D eigenvalue weighted by molar-refractivity contribution is 7.11. The summed E-state index contributed by atoms with van der Waals surface area (Å²) >= 11 is 1.74. The molecule has 5 heteroatoms. The van der Waals surface area contributed by atoms with Gasteiger partial charge in [-0.25, -0.2) is 4.98 Å². The van der Waals surface area contributed by atoms with Crippen molar-refractivity contribution < 1.29 is 4.79 Å².